The maximum absolute atomic E-state index is 2.46. The Morgan fingerprint density at radius 2 is 1.33 bits per heavy atom. The van der Waals surface area contributed by atoms with Crippen LogP contribution in [0.2, 0.25) is 0 Å². The second kappa shape index (κ2) is 4.64. The molecule has 5 aromatic rings. The highest BCUT2D eigenvalue weighted by atomic mass is 15.0. The summed E-state index contributed by atoms with van der Waals surface area (Å²) in [6.07, 6.45) is 0. The SMILES string of the molecule is CC(C)n1c2ccccc2c2c3c(ccc21)c1ccccc1n3C. The van der Waals surface area contributed by atoms with Gasteiger partial charge in [-0.3, -0.25) is 0 Å². The normalized spacial score (nSPS) is 12.3. The summed E-state index contributed by atoms with van der Waals surface area (Å²) in [5, 5.41) is 5.39. The third kappa shape index (κ3) is 1.56. The molecule has 0 radical (unpaired) electrons. The van der Waals surface area contributed by atoms with Crippen molar-refractivity contribution in [3.63, 3.8) is 0 Å². The quantitative estimate of drug-likeness (QED) is 0.358. The molecule has 0 aliphatic rings. The summed E-state index contributed by atoms with van der Waals surface area (Å²) >= 11 is 0. The molecule has 0 saturated heterocycles. The molecule has 2 aromatic heterocycles. The summed E-state index contributed by atoms with van der Waals surface area (Å²) in [7, 11) is 2.19. The van der Waals surface area contributed by atoms with E-state index in [0.29, 0.717) is 6.04 Å². The molecule has 24 heavy (non-hydrogen) atoms. The molecule has 0 unspecified atom stereocenters. The Morgan fingerprint density at radius 1 is 0.667 bits per heavy atom. The minimum atomic E-state index is 0.430. The fraction of sp³-hybridized carbons (Fsp3) is 0.182. The van der Waals surface area contributed by atoms with E-state index >= 15 is 0 Å². The van der Waals surface area contributed by atoms with Crippen molar-refractivity contribution >= 4 is 43.6 Å². The molecular weight excluding hydrogens is 292 g/mol. The number of benzene rings is 3. The fourth-order valence-electron chi connectivity index (χ4n) is 4.31. The first-order valence-electron chi connectivity index (χ1n) is 8.57. The van der Waals surface area contributed by atoms with E-state index in [1.54, 1.807) is 0 Å². The average molecular weight is 312 g/mol. The molecule has 3 aromatic carbocycles. The van der Waals surface area contributed by atoms with E-state index < -0.39 is 0 Å². The largest absolute Gasteiger partial charge is 0.343 e. The average Bonchev–Trinajstić information content (AvgIpc) is 3.08. The molecule has 5 rings (SSSR count). The van der Waals surface area contributed by atoms with Crippen LogP contribution in [0.1, 0.15) is 19.9 Å². The third-order valence-electron chi connectivity index (χ3n) is 5.26. The lowest BCUT2D eigenvalue weighted by molar-refractivity contribution is 0.642. The highest BCUT2D eigenvalue weighted by molar-refractivity contribution is 6.25. The lowest BCUT2D eigenvalue weighted by atomic mass is 10.1. The van der Waals surface area contributed by atoms with Gasteiger partial charge in [0.05, 0.1) is 11.0 Å². The fourth-order valence-corrected chi connectivity index (χ4v) is 4.31. The van der Waals surface area contributed by atoms with Crippen LogP contribution in [-0.4, -0.2) is 9.13 Å². The molecule has 2 heteroatoms. The van der Waals surface area contributed by atoms with Gasteiger partial charge >= 0.3 is 0 Å². The first-order valence-corrected chi connectivity index (χ1v) is 8.57. The highest BCUT2D eigenvalue weighted by Crippen LogP contribution is 2.39. The number of hydrogen-bond donors (Lipinski definition) is 0. The monoisotopic (exact) mass is 312 g/mol. The highest BCUT2D eigenvalue weighted by Gasteiger charge is 2.18. The number of aromatic nitrogens is 2. The molecule has 0 aliphatic carbocycles. The van der Waals surface area contributed by atoms with E-state index in [-0.39, 0.29) is 0 Å². The maximum atomic E-state index is 2.46. The van der Waals surface area contributed by atoms with Crippen LogP contribution in [0.4, 0.5) is 0 Å². The van der Waals surface area contributed by atoms with Gasteiger partial charge in [0.1, 0.15) is 0 Å². The van der Waals surface area contributed by atoms with Crippen molar-refractivity contribution in [1.82, 2.24) is 9.13 Å². The van der Waals surface area contributed by atoms with E-state index in [0.717, 1.165) is 0 Å². The van der Waals surface area contributed by atoms with Crippen LogP contribution in [0.15, 0.2) is 60.7 Å². The van der Waals surface area contributed by atoms with Gasteiger partial charge in [0.25, 0.3) is 0 Å². The van der Waals surface area contributed by atoms with Gasteiger partial charge in [0, 0.05) is 45.7 Å². The van der Waals surface area contributed by atoms with Gasteiger partial charge in [-0.05, 0) is 32.0 Å². The maximum Gasteiger partial charge on any atom is 0.0590 e. The summed E-state index contributed by atoms with van der Waals surface area (Å²) in [4.78, 5) is 0. The van der Waals surface area contributed by atoms with Crippen molar-refractivity contribution < 1.29 is 0 Å². The summed E-state index contributed by atoms with van der Waals surface area (Å²) in [5.41, 5.74) is 5.27. The molecule has 0 atom stereocenters. The molecule has 0 fully saturated rings. The van der Waals surface area contributed by atoms with Gasteiger partial charge in [0.2, 0.25) is 0 Å². The molecule has 0 aliphatic heterocycles. The van der Waals surface area contributed by atoms with Gasteiger partial charge in [-0.15, -0.1) is 0 Å². The van der Waals surface area contributed by atoms with Crippen LogP contribution in [-0.2, 0) is 7.05 Å². The summed E-state index contributed by atoms with van der Waals surface area (Å²) < 4.78 is 4.81. The van der Waals surface area contributed by atoms with Crippen molar-refractivity contribution in [2.24, 2.45) is 7.05 Å². The van der Waals surface area contributed by atoms with E-state index in [4.69, 9.17) is 0 Å². The lowest BCUT2D eigenvalue weighted by Gasteiger charge is -2.11. The van der Waals surface area contributed by atoms with Crippen molar-refractivity contribution in [3.05, 3.63) is 60.7 Å². The predicted octanol–water partition coefficient (Wildman–Crippen LogP) is 6.02. The lowest BCUT2D eigenvalue weighted by Crippen LogP contribution is -1.99. The summed E-state index contributed by atoms with van der Waals surface area (Å²) in [6.45, 7) is 4.52. The van der Waals surface area contributed by atoms with Crippen LogP contribution in [0.5, 0.6) is 0 Å². The second-order valence-electron chi connectivity index (χ2n) is 6.91. The molecule has 118 valence electrons. The molecule has 2 heterocycles. The Kier molecular flexibility index (Phi) is 2.64. The molecule has 0 N–H and O–H groups in total. The molecule has 0 amide bonds. The van der Waals surface area contributed by atoms with E-state index in [9.17, 15) is 0 Å². The van der Waals surface area contributed by atoms with E-state index in [2.05, 4.69) is 90.7 Å². The van der Waals surface area contributed by atoms with Crippen LogP contribution in [0.25, 0.3) is 43.6 Å². The Bertz CT molecular complexity index is 1240. The topological polar surface area (TPSA) is 9.86 Å². The Morgan fingerprint density at radius 3 is 2.08 bits per heavy atom. The number of fused-ring (bicyclic) bond motifs is 7. The molecule has 0 spiro atoms. The standard InChI is InChI=1S/C22H20N2/c1-14(2)24-19-11-7-5-9-17(19)21-20(24)13-12-16-15-8-4-6-10-18(15)23(3)22(16)21/h4-14H,1-3H3. The Labute approximate surface area is 140 Å². The number of hydrogen-bond acceptors (Lipinski definition) is 0. The zero-order valence-electron chi connectivity index (χ0n) is 14.2. The van der Waals surface area contributed by atoms with Gasteiger partial charge in [0.15, 0.2) is 0 Å². The van der Waals surface area contributed by atoms with Crippen molar-refractivity contribution in [3.8, 4) is 0 Å². The first-order chi connectivity index (χ1) is 11.7. The minimum absolute atomic E-state index is 0.430. The zero-order valence-corrected chi connectivity index (χ0v) is 14.2. The number of para-hydroxylation sites is 2. The third-order valence-corrected chi connectivity index (χ3v) is 5.26. The molecule has 2 nitrogen and oxygen atoms in total. The zero-order chi connectivity index (χ0) is 16.4. The Balaban J connectivity index is 2.15. The number of aryl methyl sites for hydroxylation is 1. The molecule has 0 saturated carbocycles. The smallest absolute Gasteiger partial charge is 0.0590 e. The van der Waals surface area contributed by atoms with Gasteiger partial charge in [-0.25, -0.2) is 0 Å². The van der Waals surface area contributed by atoms with Crippen LogP contribution < -0.4 is 0 Å². The van der Waals surface area contributed by atoms with Gasteiger partial charge in [-0.1, -0.05) is 42.5 Å². The predicted molar refractivity (Wildman–Crippen MR) is 104 cm³/mol. The number of rotatable bonds is 1. The van der Waals surface area contributed by atoms with Crippen molar-refractivity contribution in [2.45, 2.75) is 19.9 Å². The van der Waals surface area contributed by atoms with Crippen LogP contribution >= 0.6 is 0 Å². The van der Waals surface area contributed by atoms with E-state index in [1.807, 2.05) is 0 Å². The van der Waals surface area contributed by atoms with Crippen LogP contribution in [0.3, 0.4) is 0 Å². The minimum Gasteiger partial charge on any atom is -0.343 e. The number of nitrogens with zero attached hydrogens (tertiary/aromatic N) is 2. The molecule has 0 bridgehead atoms. The summed E-state index contributed by atoms with van der Waals surface area (Å²) in [6, 6.07) is 22.5. The van der Waals surface area contributed by atoms with Gasteiger partial charge < -0.3 is 9.13 Å². The van der Waals surface area contributed by atoms with Gasteiger partial charge in [-0.2, -0.15) is 0 Å². The first kappa shape index (κ1) is 13.7. The van der Waals surface area contributed by atoms with Crippen LogP contribution in [0, 0.1) is 0 Å². The summed E-state index contributed by atoms with van der Waals surface area (Å²) in [5.74, 6) is 0. The van der Waals surface area contributed by atoms with Crippen molar-refractivity contribution in [2.75, 3.05) is 0 Å². The van der Waals surface area contributed by atoms with E-state index in [1.165, 1.54) is 43.6 Å². The van der Waals surface area contributed by atoms with Crippen molar-refractivity contribution in [1.29, 1.82) is 0 Å². The Hall–Kier alpha value is -2.74. The molecular formula is C22H20N2. The second-order valence-corrected chi connectivity index (χ2v) is 6.91.